The molecule has 0 fully saturated rings. The van der Waals surface area contributed by atoms with Crippen LogP contribution in [0.1, 0.15) is 64.7 Å². The second-order valence-corrected chi connectivity index (χ2v) is 5.39. The highest BCUT2D eigenvalue weighted by Gasteiger charge is 1.92. The van der Waals surface area contributed by atoms with Crippen LogP contribution in [0.15, 0.2) is 0 Å². The first-order valence-electron chi connectivity index (χ1n) is 6.60. The Balaban J connectivity index is 2.81. The minimum absolute atomic E-state index is 0.335. The van der Waals surface area contributed by atoms with E-state index in [9.17, 15) is 0 Å². The first-order chi connectivity index (χ1) is 7.41. The van der Waals surface area contributed by atoms with Crippen LogP contribution in [0.4, 0.5) is 0 Å². The van der Waals surface area contributed by atoms with Crippen LogP contribution in [0.3, 0.4) is 0 Å². The number of unbranched alkanes of at least 4 members (excludes halogenated alkanes) is 8. The third-order valence-electron chi connectivity index (χ3n) is 2.63. The van der Waals surface area contributed by atoms with Crippen molar-refractivity contribution in [2.75, 3.05) is 18.1 Å². The molecule has 0 aromatic heterocycles. The molecule has 1 N–H and O–H groups in total. The van der Waals surface area contributed by atoms with E-state index in [-0.39, 0.29) is 0 Å². The summed E-state index contributed by atoms with van der Waals surface area (Å²) in [4.78, 5) is 0. The van der Waals surface area contributed by atoms with Gasteiger partial charge in [-0.25, -0.2) is 0 Å². The number of aliphatic hydroxyl groups is 1. The average Bonchev–Trinajstić information content (AvgIpc) is 2.26. The van der Waals surface area contributed by atoms with Crippen molar-refractivity contribution in [3.63, 3.8) is 0 Å². The fourth-order valence-electron chi connectivity index (χ4n) is 1.68. The number of aliphatic hydroxyl groups excluding tert-OH is 1. The Bertz CT molecular complexity index is 94.7. The van der Waals surface area contributed by atoms with E-state index >= 15 is 0 Å². The molecule has 0 aromatic carbocycles. The molecule has 0 spiro atoms. The Kier molecular flexibility index (Phi) is 14.6. The van der Waals surface area contributed by atoms with Crippen molar-refractivity contribution >= 4 is 11.8 Å². The number of hydrogen-bond acceptors (Lipinski definition) is 2. The summed E-state index contributed by atoms with van der Waals surface area (Å²) in [6.07, 6.45) is 12.6. The molecule has 0 saturated carbocycles. The van der Waals surface area contributed by atoms with Gasteiger partial charge in [0.1, 0.15) is 0 Å². The molecule has 0 heterocycles. The number of hydrogen-bond donors (Lipinski definition) is 1. The Morgan fingerprint density at radius 2 is 1.27 bits per heavy atom. The summed E-state index contributed by atoms with van der Waals surface area (Å²) in [5.41, 5.74) is 0. The van der Waals surface area contributed by atoms with Gasteiger partial charge in [0, 0.05) is 5.75 Å². The monoisotopic (exact) mass is 232 g/mol. The van der Waals surface area contributed by atoms with E-state index in [1.54, 1.807) is 0 Å². The largest absolute Gasteiger partial charge is 0.396 e. The Morgan fingerprint density at radius 3 is 1.80 bits per heavy atom. The van der Waals surface area contributed by atoms with E-state index in [1.807, 2.05) is 11.8 Å². The molecule has 0 bridgehead atoms. The molecule has 92 valence electrons. The summed E-state index contributed by atoms with van der Waals surface area (Å²) in [6.45, 7) is 2.60. The summed E-state index contributed by atoms with van der Waals surface area (Å²) in [5, 5.41) is 8.59. The van der Waals surface area contributed by atoms with Crippen molar-refractivity contribution in [2.24, 2.45) is 0 Å². The van der Waals surface area contributed by atoms with Crippen LogP contribution in [0, 0.1) is 0 Å². The van der Waals surface area contributed by atoms with E-state index in [1.165, 1.54) is 63.5 Å². The fourth-order valence-corrected chi connectivity index (χ4v) is 2.42. The zero-order chi connectivity index (χ0) is 11.2. The molecule has 0 unspecified atom stereocenters. The normalized spacial score (nSPS) is 10.8. The van der Waals surface area contributed by atoms with Gasteiger partial charge in [-0.3, -0.25) is 0 Å². The molecule has 0 saturated heterocycles. The summed E-state index contributed by atoms with van der Waals surface area (Å²) in [5.74, 6) is 2.15. The van der Waals surface area contributed by atoms with E-state index in [0.717, 1.165) is 5.75 Å². The van der Waals surface area contributed by atoms with Gasteiger partial charge < -0.3 is 5.11 Å². The standard InChI is InChI=1S/C13H28OS/c1-2-3-4-5-6-7-8-9-10-12-15-13-11-14/h14H,2-13H2,1H3. The SMILES string of the molecule is CCCCCCCCCCCSCCO. The lowest BCUT2D eigenvalue weighted by molar-refractivity contribution is 0.322. The van der Waals surface area contributed by atoms with Crippen molar-refractivity contribution in [1.29, 1.82) is 0 Å². The summed E-state index contributed by atoms with van der Waals surface area (Å²) in [6, 6.07) is 0. The summed E-state index contributed by atoms with van der Waals surface area (Å²) < 4.78 is 0. The van der Waals surface area contributed by atoms with Crippen LogP contribution in [-0.4, -0.2) is 23.2 Å². The van der Waals surface area contributed by atoms with Crippen LogP contribution in [0.2, 0.25) is 0 Å². The minimum Gasteiger partial charge on any atom is -0.396 e. The van der Waals surface area contributed by atoms with Crippen molar-refractivity contribution in [1.82, 2.24) is 0 Å². The van der Waals surface area contributed by atoms with Crippen LogP contribution >= 0.6 is 11.8 Å². The molecule has 0 rings (SSSR count). The van der Waals surface area contributed by atoms with Gasteiger partial charge in [-0.15, -0.1) is 0 Å². The van der Waals surface area contributed by atoms with Gasteiger partial charge >= 0.3 is 0 Å². The number of thioether (sulfide) groups is 1. The maximum Gasteiger partial charge on any atom is 0.0521 e. The van der Waals surface area contributed by atoms with Gasteiger partial charge in [0.2, 0.25) is 0 Å². The molecule has 0 radical (unpaired) electrons. The van der Waals surface area contributed by atoms with E-state index < -0.39 is 0 Å². The molecule has 0 aliphatic rings. The predicted molar refractivity (Wildman–Crippen MR) is 71.6 cm³/mol. The van der Waals surface area contributed by atoms with Crippen molar-refractivity contribution < 1.29 is 5.11 Å². The summed E-state index contributed by atoms with van der Waals surface area (Å²) in [7, 11) is 0. The molecule has 0 amide bonds. The van der Waals surface area contributed by atoms with Crippen molar-refractivity contribution in [2.45, 2.75) is 64.7 Å². The first kappa shape index (κ1) is 15.3. The Labute approximate surface area is 100 Å². The van der Waals surface area contributed by atoms with Crippen molar-refractivity contribution in [3.8, 4) is 0 Å². The lowest BCUT2D eigenvalue weighted by Gasteiger charge is -2.01. The average molecular weight is 232 g/mol. The number of rotatable bonds is 12. The zero-order valence-corrected chi connectivity index (χ0v) is 11.2. The Morgan fingerprint density at radius 1 is 0.733 bits per heavy atom. The minimum atomic E-state index is 0.335. The molecule has 15 heavy (non-hydrogen) atoms. The van der Waals surface area contributed by atoms with Crippen molar-refractivity contribution in [3.05, 3.63) is 0 Å². The molecule has 2 heteroatoms. The van der Waals surface area contributed by atoms with Gasteiger partial charge in [-0.1, -0.05) is 58.3 Å². The second-order valence-electron chi connectivity index (χ2n) is 4.16. The maximum absolute atomic E-state index is 8.59. The molecule has 0 atom stereocenters. The smallest absolute Gasteiger partial charge is 0.0521 e. The van der Waals surface area contributed by atoms with Gasteiger partial charge in [0.05, 0.1) is 6.61 Å². The molecule has 0 aromatic rings. The lowest BCUT2D eigenvalue weighted by Crippen LogP contribution is -1.89. The molecule has 0 aliphatic heterocycles. The van der Waals surface area contributed by atoms with Gasteiger partial charge in [0.25, 0.3) is 0 Å². The van der Waals surface area contributed by atoms with Gasteiger partial charge in [0.15, 0.2) is 0 Å². The highest BCUT2D eigenvalue weighted by atomic mass is 32.2. The molecule has 0 aliphatic carbocycles. The van der Waals surface area contributed by atoms with Crippen LogP contribution in [0.25, 0.3) is 0 Å². The van der Waals surface area contributed by atoms with Crippen LogP contribution in [0.5, 0.6) is 0 Å². The molecular formula is C13H28OS. The highest BCUT2D eigenvalue weighted by Crippen LogP contribution is 2.11. The Hall–Kier alpha value is 0.310. The topological polar surface area (TPSA) is 20.2 Å². The summed E-state index contributed by atoms with van der Waals surface area (Å²) >= 11 is 1.88. The van der Waals surface area contributed by atoms with E-state index in [4.69, 9.17) is 5.11 Å². The van der Waals surface area contributed by atoms with Gasteiger partial charge in [-0.05, 0) is 12.2 Å². The third kappa shape index (κ3) is 14.3. The maximum atomic E-state index is 8.59. The lowest BCUT2D eigenvalue weighted by atomic mass is 10.1. The first-order valence-corrected chi connectivity index (χ1v) is 7.76. The zero-order valence-electron chi connectivity index (χ0n) is 10.3. The van der Waals surface area contributed by atoms with E-state index in [0.29, 0.717) is 6.61 Å². The second kappa shape index (κ2) is 14.3. The third-order valence-corrected chi connectivity index (χ3v) is 3.68. The fraction of sp³-hybridized carbons (Fsp3) is 1.00. The van der Waals surface area contributed by atoms with Gasteiger partial charge in [-0.2, -0.15) is 11.8 Å². The van der Waals surface area contributed by atoms with Crippen LogP contribution < -0.4 is 0 Å². The highest BCUT2D eigenvalue weighted by molar-refractivity contribution is 7.99. The molecule has 1 nitrogen and oxygen atoms in total. The van der Waals surface area contributed by atoms with Crippen LogP contribution in [-0.2, 0) is 0 Å². The quantitative estimate of drug-likeness (QED) is 0.508. The predicted octanol–water partition coefficient (Wildman–Crippen LogP) is 4.24. The van der Waals surface area contributed by atoms with E-state index in [2.05, 4.69) is 6.92 Å². The molecular weight excluding hydrogens is 204 g/mol.